The standard InChI is InChI=1S/C45H29N3O/c1-4-16-30(17-5-1)33-22-10-12-24-36(33)43-44(37-25-13-11-23-34(37)31-18-6-2-7-19-31)46-48-47-45(43)42-35(32-20-8-3-9-21-32)28-29-40-41(42)38-26-14-15-27-39(38)49-40/h1-29H. The molecule has 0 bridgehead atoms. The summed E-state index contributed by atoms with van der Waals surface area (Å²) < 4.78 is 6.47. The van der Waals surface area contributed by atoms with E-state index in [-0.39, 0.29) is 0 Å². The van der Waals surface area contributed by atoms with Crippen molar-refractivity contribution in [2.75, 3.05) is 0 Å². The Morgan fingerprint density at radius 1 is 0.327 bits per heavy atom. The first kappa shape index (κ1) is 28.6. The third-order valence-corrected chi connectivity index (χ3v) is 9.18. The second-order valence-electron chi connectivity index (χ2n) is 12.0. The fraction of sp³-hybridized carbons (Fsp3) is 0. The van der Waals surface area contributed by atoms with Crippen LogP contribution in [0.5, 0.6) is 0 Å². The summed E-state index contributed by atoms with van der Waals surface area (Å²) in [7, 11) is 0. The largest absolute Gasteiger partial charge is 0.456 e. The number of benzene rings is 7. The van der Waals surface area contributed by atoms with E-state index in [0.29, 0.717) is 0 Å². The molecule has 2 aromatic heterocycles. The molecule has 0 amide bonds. The van der Waals surface area contributed by atoms with Crippen LogP contribution < -0.4 is 0 Å². The van der Waals surface area contributed by atoms with Crippen LogP contribution in [0.25, 0.3) is 89.0 Å². The lowest BCUT2D eigenvalue weighted by molar-refractivity contribution is 0.669. The average Bonchev–Trinajstić information content (AvgIpc) is 3.57. The van der Waals surface area contributed by atoms with Crippen LogP contribution >= 0.6 is 0 Å². The van der Waals surface area contributed by atoms with E-state index >= 15 is 0 Å². The molecule has 230 valence electrons. The van der Waals surface area contributed by atoms with Gasteiger partial charge in [0.15, 0.2) is 0 Å². The predicted molar refractivity (Wildman–Crippen MR) is 200 cm³/mol. The van der Waals surface area contributed by atoms with Crippen LogP contribution in [0, 0.1) is 0 Å². The maximum Gasteiger partial charge on any atom is 0.136 e. The van der Waals surface area contributed by atoms with E-state index < -0.39 is 0 Å². The van der Waals surface area contributed by atoms with Crippen molar-refractivity contribution in [3.63, 3.8) is 0 Å². The van der Waals surface area contributed by atoms with E-state index in [1.54, 1.807) is 0 Å². The van der Waals surface area contributed by atoms with Crippen molar-refractivity contribution >= 4 is 21.9 Å². The van der Waals surface area contributed by atoms with E-state index in [9.17, 15) is 0 Å². The molecule has 0 unspecified atom stereocenters. The molecule has 0 saturated carbocycles. The summed E-state index contributed by atoms with van der Waals surface area (Å²) in [6.07, 6.45) is 0. The van der Waals surface area contributed by atoms with Gasteiger partial charge in [-0.2, -0.15) is 0 Å². The number of nitrogens with zero attached hydrogens (tertiary/aromatic N) is 3. The Balaban J connectivity index is 1.46. The third kappa shape index (κ3) is 4.98. The van der Waals surface area contributed by atoms with Gasteiger partial charge in [-0.1, -0.05) is 158 Å². The molecule has 2 heterocycles. The number of rotatable bonds is 6. The van der Waals surface area contributed by atoms with Crippen LogP contribution in [0.15, 0.2) is 180 Å². The lowest BCUT2D eigenvalue weighted by Gasteiger charge is -2.20. The smallest absolute Gasteiger partial charge is 0.136 e. The lowest BCUT2D eigenvalue weighted by Crippen LogP contribution is -2.03. The minimum atomic E-state index is 0.743. The number of fused-ring (bicyclic) bond motifs is 3. The topological polar surface area (TPSA) is 51.8 Å². The highest BCUT2D eigenvalue weighted by atomic mass is 16.3. The van der Waals surface area contributed by atoms with Gasteiger partial charge >= 0.3 is 0 Å². The molecule has 0 aliphatic carbocycles. The van der Waals surface area contributed by atoms with Gasteiger partial charge in [0.25, 0.3) is 0 Å². The molecular weight excluding hydrogens is 599 g/mol. The molecule has 0 spiro atoms. The van der Waals surface area contributed by atoms with Crippen molar-refractivity contribution in [2.24, 2.45) is 0 Å². The summed E-state index contributed by atoms with van der Waals surface area (Å²) in [5.41, 5.74) is 13.5. The average molecular weight is 628 g/mol. The van der Waals surface area contributed by atoms with Crippen LogP contribution in [0.1, 0.15) is 0 Å². The van der Waals surface area contributed by atoms with Crippen LogP contribution in [0.4, 0.5) is 0 Å². The molecule has 0 N–H and O–H groups in total. The molecule has 9 rings (SSSR count). The number of para-hydroxylation sites is 1. The van der Waals surface area contributed by atoms with Crippen LogP contribution in [-0.2, 0) is 0 Å². The summed E-state index contributed by atoms with van der Waals surface area (Å²) in [6.45, 7) is 0. The molecule has 0 saturated heterocycles. The number of aromatic nitrogens is 3. The van der Waals surface area contributed by atoms with Crippen molar-refractivity contribution in [1.29, 1.82) is 0 Å². The maximum atomic E-state index is 6.47. The highest BCUT2D eigenvalue weighted by Crippen LogP contribution is 2.49. The molecule has 9 aromatic rings. The first-order chi connectivity index (χ1) is 24.3. The summed E-state index contributed by atoms with van der Waals surface area (Å²) in [4.78, 5) is 0. The van der Waals surface area contributed by atoms with Gasteiger partial charge in [0.05, 0.1) is 0 Å². The zero-order chi connectivity index (χ0) is 32.6. The van der Waals surface area contributed by atoms with Crippen LogP contribution in [0.2, 0.25) is 0 Å². The van der Waals surface area contributed by atoms with Crippen LogP contribution in [0.3, 0.4) is 0 Å². The second-order valence-corrected chi connectivity index (χ2v) is 12.0. The van der Waals surface area contributed by atoms with E-state index in [4.69, 9.17) is 14.6 Å². The van der Waals surface area contributed by atoms with Gasteiger partial charge in [-0.3, -0.25) is 0 Å². The zero-order valence-corrected chi connectivity index (χ0v) is 26.5. The van der Waals surface area contributed by atoms with E-state index in [1.807, 2.05) is 30.3 Å². The Labute approximate surface area is 284 Å². The third-order valence-electron chi connectivity index (χ3n) is 9.18. The predicted octanol–water partition coefficient (Wildman–Crippen LogP) is 11.8. The molecule has 4 nitrogen and oxygen atoms in total. The van der Waals surface area contributed by atoms with Crippen molar-refractivity contribution in [3.8, 4) is 67.0 Å². The van der Waals surface area contributed by atoms with E-state index in [0.717, 1.165) is 89.0 Å². The number of hydrogen-bond acceptors (Lipinski definition) is 4. The van der Waals surface area contributed by atoms with Crippen molar-refractivity contribution in [3.05, 3.63) is 176 Å². The SMILES string of the molecule is c1ccc(-c2ccccc2-c2nnnc(-c3c(-c4ccccc4)ccc4oc5ccccc5c34)c2-c2ccccc2-c2ccccc2)cc1. The Morgan fingerprint density at radius 3 is 1.47 bits per heavy atom. The minimum absolute atomic E-state index is 0.743. The van der Waals surface area contributed by atoms with Crippen molar-refractivity contribution < 1.29 is 4.42 Å². The Hall–Kier alpha value is -6.65. The molecule has 0 atom stereocenters. The number of furan rings is 1. The first-order valence-electron chi connectivity index (χ1n) is 16.4. The molecule has 0 aliphatic heterocycles. The molecule has 7 aromatic carbocycles. The Bertz CT molecular complexity index is 2590. The second kappa shape index (κ2) is 12.2. The highest BCUT2D eigenvalue weighted by molar-refractivity contribution is 6.17. The van der Waals surface area contributed by atoms with Gasteiger partial charge < -0.3 is 4.42 Å². The van der Waals surface area contributed by atoms with E-state index in [1.165, 1.54) is 0 Å². The number of hydrogen-bond donors (Lipinski definition) is 0. The quantitative estimate of drug-likeness (QED) is 0.184. The molecule has 0 aliphatic rings. The molecule has 0 fully saturated rings. The molecule has 0 radical (unpaired) electrons. The fourth-order valence-corrected chi connectivity index (χ4v) is 6.99. The van der Waals surface area contributed by atoms with Gasteiger partial charge in [0.1, 0.15) is 22.6 Å². The lowest BCUT2D eigenvalue weighted by atomic mass is 9.85. The molecule has 4 heteroatoms. The van der Waals surface area contributed by atoms with Crippen molar-refractivity contribution in [2.45, 2.75) is 0 Å². The van der Waals surface area contributed by atoms with Gasteiger partial charge in [-0.25, -0.2) is 0 Å². The Kier molecular flexibility index (Phi) is 7.10. The van der Waals surface area contributed by atoms with Gasteiger partial charge in [-0.15, -0.1) is 10.2 Å². The normalized spacial score (nSPS) is 11.3. The summed E-state index contributed by atoms with van der Waals surface area (Å²) in [5.74, 6) is 0. The van der Waals surface area contributed by atoms with Crippen LogP contribution in [-0.4, -0.2) is 15.4 Å². The summed E-state index contributed by atoms with van der Waals surface area (Å²) in [6, 6.07) is 60.8. The zero-order valence-electron chi connectivity index (χ0n) is 26.5. The summed E-state index contributed by atoms with van der Waals surface area (Å²) >= 11 is 0. The first-order valence-corrected chi connectivity index (χ1v) is 16.4. The van der Waals surface area contributed by atoms with E-state index in [2.05, 4.69) is 151 Å². The molecular formula is C45H29N3O. The fourth-order valence-electron chi connectivity index (χ4n) is 6.99. The minimum Gasteiger partial charge on any atom is -0.456 e. The van der Waals surface area contributed by atoms with Gasteiger partial charge in [0, 0.05) is 27.5 Å². The summed E-state index contributed by atoms with van der Waals surface area (Å²) in [5, 5.41) is 16.4. The molecule has 49 heavy (non-hydrogen) atoms. The monoisotopic (exact) mass is 627 g/mol. The maximum absolute atomic E-state index is 6.47. The van der Waals surface area contributed by atoms with Gasteiger partial charge in [-0.05, 0) is 62.4 Å². The Morgan fingerprint density at radius 2 is 0.816 bits per heavy atom. The highest BCUT2D eigenvalue weighted by Gasteiger charge is 2.27. The van der Waals surface area contributed by atoms with Gasteiger partial charge in [0.2, 0.25) is 0 Å². The van der Waals surface area contributed by atoms with Crippen molar-refractivity contribution in [1.82, 2.24) is 15.4 Å².